The van der Waals surface area contributed by atoms with E-state index in [-0.39, 0.29) is 12.6 Å². The molecule has 0 fully saturated rings. The van der Waals surface area contributed by atoms with Crippen LogP contribution in [0.25, 0.3) is 0 Å². The highest BCUT2D eigenvalue weighted by Gasteiger charge is 2.27. The molecular formula is C10H12Cl2F3NOS. The van der Waals surface area contributed by atoms with Crippen LogP contribution in [0.5, 0.6) is 0 Å². The second kappa shape index (κ2) is 6.96. The van der Waals surface area contributed by atoms with Gasteiger partial charge in [0.15, 0.2) is 0 Å². The quantitative estimate of drug-likeness (QED) is 0.789. The van der Waals surface area contributed by atoms with Crippen molar-refractivity contribution in [1.29, 1.82) is 0 Å². The van der Waals surface area contributed by atoms with Crippen molar-refractivity contribution in [2.24, 2.45) is 0 Å². The molecule has 0 bridgehead atoms. The van der Waals surface area contributed by atoms with Crippen LogP contribution in [0.4, 0.5) is 13.2 Å². The lowest BCUT2D eigenvalue weighted by molar-refractivity contribution is -0.174. The summed E-state index contributed by atoms with van der Waals surface area (Å²) in [5.41, 5.74) is 0.782. The summed E-state index contributed by atoms with van der Waals surface area (Å²) in [6.45, 7) is -1.24. The number of hydrogen-bond donors (Lipinski definition) is 1. The van der Waals surface area contributed by atoms with Crippen LogP contribution >= 0.6 is 34.5 Å². The fourth-order valence-electron chi connectivity index (χ4n) is 1.43. The average Bonchev–Trinajstić information content (AvgIpc) is 2.56. The van der Waals surface area contributed by atoms with E-state index in [0.29, 0.717) is 15.1 Å². The standard InChI is InChI=1S/C10H12Cl2F3NOS/c1-16-7(2-3-17-5-10(13,14)15)6-4-8(11)18-9(6)12/h4,7,16H,2-3,5H2,1H3. The summed E-state index contributed by atoms with van der Waals surface area (Å²) in [5, 5.41) is 2.97. The van der Waals surface area contributed by atoms with E-state index in [1.807, 2.05) is 0 Å². The number of alkyl halides is 3. The van der Waals surface area contributed by atoms with Crippen molar-refractivity contribution in [3.05, 3.63) is 20.3 Å². The Balaban J connectivity index is 2.46. The molecule has 1 aromatic rings. The van der Waals surface area contributed by atoms with Gasteiger partial charge in [0.05, 0.1) is 8.67 Å². The summed E-state index contributed by atoms with van der Waals surface area (Å²) < 4.78 is 41.3. The van der Waals surface area contributed by atoms with Gasteiger partial charge in [-0.1, -0.05) is 23.2 Å². The molecule has 104 valence electrons. The molecule has 0 amide bonds. The first-order valence-electron chi connectivity index (χ1n) is 5.10. The lowest BCUT2D eigenvalue weighted by Gasteiger charge is -2.16. The molecule has 18 heavy (non-hydrogen) atoms. The number of thiophene rings is 1. The average molecular weight is 322 g/mol. The van der Waals surface area contributed by atoms with Crippen LogP contribution in [0.15, 0.2) is 6.07 Å². The molecule has 1 heterocycles. The van der Waals surface area contributed by atoms with E-state index in [0.717, 1.165) is 5.56 Å². The summed E-state index contributed by atoms with van der Waals surface area (Å²) in [6, 6.07) is 1.54. The first-order valence-corrected chi connectivity index (χ1v) is 6.67. The Kier molecular flexibility index (Phi) is 6.20. The van der Waals surface area contributed by atoms with Crippen LogP contribution in [-0.4, -0.2) is 26.4 Å². The van der Waals surface area contributed by atoms with Gasteiger partial charge in [0, 0.05) is 18.2 Å². The smallest absolute Gasteiger partial charge is 0.372 e. The number of nitrogens with one attached hydrogen (secondary N) is 1. The van der Waals surface area contributed by atoms with E-state index in [4.69, 9.17) is 23.2 Å². The minimum absolute atomic E-state index is 0.00515. The third kappa shape index (κ3) is 5.32. The van der Waals surface area contributed by atoms with E-state index in [1.165, 1.54) is 11.3 Å². The topological polar surface area (TPSA) is 21.3 Å². The van der Waals surface area contributed by atoms with E-state index < -0.39 is 12.8 Å². The first kappa shape index (κ1) is 16.0. The maximum atomic E-state index is 11.9. The third-order valence-electron chi connectivity index (χ3n) is 2.22. The molecule has 1 aromatic heterocycles. The van der Waals surface area contributed by atoms with Gasteiger partial charge in [0.2, 0.25) is 0 Å². The van der Waals surface area contributed by atoms with Crippen molar-refractivity contribution < 1.29 is 17.9 Å². The van der Waals surface area contributed by atoms with Gasteiger partial charge in [0.25, 0.3) is 0 Å². The summed E-state index contributed by atoms with van der Waals surface area (Å²) in [6.07, 6.45) is -3.90. The van der Waals surface area contributed by atoms with Gasteiger partial charge in [0.1, 0.15) is 6.61 Å². The van der Waals surface area contributed by atoms with Crippen LogP contribution in [0, 0.1) is 0 Å². The summed E-state index contributed by atoms with van der Waals surface area (Å²) >= 11 is 13.0. The van der Waals surface area contributed by atoms with Crippen molar-refractivity contribution in [2.45, 2.75) is 18.6 Å². The first-order chi connectivity index (χ1) is 8.33. The molecule has 1 rings (SSSR count). The SMILES string of the molecule is CNC(CCOCC(F)(F)F)c1cc(Cl)sc1Cl. The molecular weight excluding hydrogens is 310 g/mol. The summed E-state index contributed by atoms with van der Waals surface area (Å²) in [7, 11) is 1.70. The molecule has 1 unspecified atom stereocenters. The highest BCUT2D eigenvalue weighted by Crippen LogP contribution is 2.35. The maximum Gasteiger partial charge on any atom is 0.411 e. The van der Waals surface area contributed by atoms with Crippen molar-refractivity contribution in [1.82, 2.24) is 5.32 Å². The Morgan fingerprint density at radius 3 is 2.56 bits per heavy atom. The predicted molar refractivity (Wildman–Crippen MR) is 67.6 cm³/mol. The second-order valence-electron chi connectivity index (χ2n) is 3.58. The lowest BCUT2D eigenvalue weighted by Crippen LogP contribution is -2.21. The molecule has 0 radical (unpaired) electrons. The van der Waals surface area contributed by atoms with Crippen molar-refractivity contribution in [3.8, 4) is 0 Å². The van der Waals surface area contributed by atoms with Gasteiger partial charge in [-0.3, -0.25) is 0 Å². The van der Waals surface area contributed by atoms with Crippen LogP contribution in [-0.2, 0) is 4.74 Å². The van der Waals surface area contributed by atoms with Crippen molar-refractivity contribution in [2.75, 3.05) is 20.3 Å². The zero-order valence-electron chi connectivity index (χ0n) is 9.48. The van der Waals surface area contributed by atoms with Gasteiger partial charge in [-0.2, -0.15) is 13.2 Å². The number of rotatable bonds is 6. The highest BCUT2D eigenvalue weighted by atomic mass is 35.5. The molecule has 0 aliphatic carbocycles. The van der Waals surface area contributed by atoms with E-state index in [2.05, 4.69) is 10.1 Å². The van der Waals surface area contributed by atoms with Crippen LogP contribution in [0.3, 0.4) is 0 Å². The predicted octanol–water partition coefficient (Wildman–Crippen LogP) is 4.28. The molecule has 0 saturated heterocycles. The van der Waals surface area contributed by atoms with E-state index >= 15 is 0 Å². The van der Waals surface area contributed by atoms with Gasteiger partial charge in [-0.25, -0.2) is 0 Å². The van der Waals surface area contributed by atoms with Crippen molar-refractivity contribution >= 4 is 34.5 Å². The lowest BCUT2D eigenvalue weighted by atomic mass is 10.1. The number of ether oxygens (including phenoxy) is 1. The molecule has 0 aliphatic rings. The Labute approximate surface area is 117 Å². The number of halogens is 5. The largest absolute Gasteiger partial charge is 0.411 e. The molecule has 0 aliphatic heterocycles. The van der Waals surface area contributed by atoms with E-state index in [9.17, 15) is 13.2 Å². The Bertz CT molecular complexity index is 384. The molecule has 2 nitrogen and oxygen atoms in total. The normalized spacial score (nSPS) is 13.9. The highest BCUT2D eigenvalue weighted by molar-refractivity contribution is 7.20. The van der Waals surface area contributed by atoms with Crippen LogP contribution in [0.1, 0.15) is 18.0 Å². The summed E-state index contributed by atoms with van der Waals surface area (Å²) in [5.74, 6) is 0. The van der Waals surface area contributed by atoms with E-state index in [1.54, 1.807) is 13.1 Å². The molecule has 8 heteroatoms. The minimum atomic E-state index is -4.29. The molecule has 1 atom stereocenters. The van der Waals surface area contributed by atoms with Gasteiger partial charge in [-0.05, 0) is 19.5 Å². The van der Waals surface area contributed by atoms with Gasteiger partial charge < -0.3 is 10.1 Å². The molecule has 0 spiro atoms. The Morgan fingerprint density at radius 2 is 2.11 bits per heavy atom. The third-order valence-corrected chi connectivity index (χ3v) is 3.74. The van der Waals surface area contributed by atoms with Crippen LogP contribution in [0.2, 0.25) is 8.67 Å². The fourth-order valence-corrected chi connectivity index (χ4v) is 3.01. The Hall–Kier alpha value is -0.0100. The monoisotopic (exact) mass is 321 g/mol. The van der Waals surface area contributed by atoms with Crippen LogP contribution < -0.4 is 5.32 Å². The summed E-state index contributed by atoms with van der Waals surface area (Å²) in [4.78, 5) is 0. The second-order valence-corrected chi connectivity index (χ2v) is 5.86. The minimum Gasteiger partial charge on any atom is -0.372 e. The fraction of sp³-hybridized carbons (Fsp3) is 0.600. The Morgan fingerprint density at radius 1 is 1.44 bits per heavy atom. The molecule has 0 saturated carbocycles. The zero-order chi connectivity index (χ0) is 13.8. The van der Waals surface area contributed by atoms with Gasteiger partial charge >= 0.3 is 6.18 Å². The number of hydrogen-bond acceptors (Lipinski definition) is 3. The molecule has 0 aromatic carbocycles. The van der Waals surface area contributed by atoms with Gasteiger partial charge in [-0.15, -0.1) is 11.3 Å². The zero-order valence-corrected chi connectivity index (χ0v) is 11.8. The molecule has 1 N–H and O–H groups in total. The van der Waals surface area contributed by atoms with Crippen molar-refractivity contribution in [3.63, 3.8) is 0 Å². The maximum absolute atomic E-state index is 11.9.